The van der Waals surface area contributed by atoms with Crippen LogP contribution in [-0.2, 0) is 0 Å². The summed E-state index contributed by atoms with van der Waals surface area (Å²) in [6.07, 6.45) is 0.779. The minimum atomic E-state index is -0.179. The molecule has 1 amide bonds. The maximum absolute atomic E-state index is 12.3. The van der Waals surface area contributed by atoms with E-state index in [2.05, 4.69) is 52.1 Å². The summed E-state index contributed by atoms with van der Waals surface area (Å²) in [5.74, 6) is -0.179. The lowest BCUT2D eigenvalue weighted by molar-refractivity contribution is 0.102. The number of amides is 1. The number of carbonyl (C=O) groups is 2. The van der Waals surface area contributed by atoms with Crippen LogP contribution in [0.25, 0.3) is 0 Å². The number of aryl methyl sites for hydroxylation is 2. The minimum Gasteiger partial charge on any atom is -0.388 e. The molecule has 0 saturated heterocycles. The fourth-order valence-corrected chi connectivity index (χ4v) is 2.97. The molecule has 4 rings (SSSR count). The molecule has 0 aliphatic carbocycles. The van der Waals surface area contributed by atoms with Crippen molar-refractivity contribution in [2.45, 2.75) is 13.8 Å². The Hall–Kier alpha value is -4.58. The summed E-state index contributed by atoms with van der Waals surface area (Å²) in [4.78, 5) is 22.9. The van der Waals surface area contributed by atoms with Crippen LogP contribution in [0.4, 0.5) is 22.7 Å². The number of nitrogens with zero attached hydrogens (tertiary/aromatic N) is 2. The summed E-state index contributed by atoms with van der Waals surface area (Å²) in [6, 6.07) is 29.6. The van der Waals surface area contributed by atoms with Crippen molar-refractivity contribution in [3.8, 4) is 0 Å². The molecule has 6 nitrogen and oxygen atoms in total. The maximum Gasteiger partial charge on any atom is 0.255 e. The lowest BCUT2D eigenvalue weighted by Gasteiger charge is -2.05. The van der Waals surface area contributed by atoms with Gasteiger partial charge in [-0.3, -0.25) is 9.59 Å². The van der Waals surface area contributed by atoms with Gasteiger partial charge >= 0.3 is 0 Å². The van der Waals surface area contributed by atoms with Gasteiger partial charge in [-0.15, -0.1) is 0 Å². The van der Waals surface area contributed by atoms with E-state index in [9.17, 15) is 9.59 Å². The Kier molecular flexibility index (Phi) is 9.02. The van der Waals surface area contributed by atoms with E-state index < -0.39 is 0 Å². The second kappa shape index (κ2) is 12.6. The number of anilines is 2. The quantitative estimate of drug-likeness (QED) is 0.229. The van der Waals surface area contributed by atoms with Gasteiger partial charge in [0.05, 0.1) is 11.4 Å². The molecule has 4 aromatic carbocycles. The van der Waals surface area contributed by atoms with E-state index in [4.69, 9.17) is 0 Å². The fraction of sp³-hybridized carbons (Fsp3) is 0.103. The summed E-state index contributed by atoms with van der Waals surface area (Å²) >= 11 is 0. The number of aldehydes is 1. The number of benzene rings is 4. The largest absolute Gasteiger partial charge is 0.388 e. The van der Waals surface area contributed by atoms with E-state index >= 15 is 0 Å². The first-order valence-corrected chi connectivity index (χ1v) is 11.2. The van der Waals surface area contributed by atoms with Gasteiger partial charge < -0.3 is 10.6 Å². The van der Waals surface area contributed by atoms with Gasteiger partial charge in [0.1, 0.15) is 6.29 Å². The average molecular weight is 465 g/mol. The Balaban J connectivity index is 0.000000320. The SMILES string of the molecule is CNc1ccc(C)cc1.Cc1ccc(NC(=O)c2ccc(N=Nc3ccc(C=O)cc3)cc2)cc1. The minimum absolute atomic E-state index is 0.179. The van der Waals surface area contributed by atoms with Crippen LogP contribution in [0.3, 0.4) is 0 Å². The Morgan fingerprint density at radius 2 is 1.11 bits per heavy atom. The van der Waals surface area contributed by atoms with Crippen molar-refractivity contribution in [1.29, 1.82) is 0 Å². The molecule has 0 atom stereocenters. The fourth-order valence-electron chi connectivity index (χ4n) is 2.97. The van der Waals surface area contributed by atoms with Crippen molar-refractivity contribution >= 4 is 34.9 Å². The molecule has 0 bridgehead atoms. The van der Waals surface area contributed by atoms with Gasteiger partial charge in [-0.25, -0.2) is 0 Å². The molecule has 35 heavy (non-hydrogen) atoms. The van der Waals surface area contributed by atoms with Gasteiger partial charge in [0, 0.05) is 29.5 Å². The molecule has 0 aliphatic rings. The van der Waals surface area contributed by atoms with Crippen LogP contribution in [0.1, 0.15) is 31.8 Å². The second-order valence-corrected chi connectivity index (χ2v) is 7.89. The molecule has 176 valence electrons. The van der Waals surface area contributed by atoms with Crippen LogP contribution in [0, 0.1) is 13.8 Å². The number of carbonyl (C=O) groups excluding carboxylic acids is 2. The van der Waals surface area contributed by atoms with Crippen molar-refractivity contribution in [2.24, 2.45) is 10.2 Å². The summed E-state index contributed by atoms with van der Waals surface area (Å²) in [6.45, 7) is 4.08. The highest BCUT2D eigenvalue weighted by Gasteiger charge is 2.06. The van der Waals surface area contributed by atoms with E-state index in [1.54, 1.807) is 48.5 Å². The molecule has 0 aliphatic heterocycles. The van der Waals surface area contributed by atoms with Crippen molar-refractivity contribution in [1.82, 2.24) is 0 Å². The third-order valence-corrected chi connectivity index (χ3v) is 5.09. The number of hydrogen-bond acceptors (Lipinski definition) is 5. The lowest BCUT2D eigenvalue weighted by atomic mass is 10.2. The van der Waals surface area contributed by atoms with Crippen LogP contribution >= 0.6 is 0 Å². The molecule has 0 radical (unpaired) electrons. The highest BCUT2D eigenvalue weighted by molar-refractivity contribution is 6.04. The van der Waals surface area contributed by atoms with Gasteiger partial charge in [-0.05, 0) is 86.6 Å². The van der Waals surface area contributed by atoms with E-state index in [1.807, 2.05) is 38.2 Å². The molecule has 0 heterocycles. The predicted octanol–water partition coefficient (Wildman–Crippen LogP) is 7.51. The summed E-state index contributed by atoms with van der Waals surface area (Å²) in [5.41, 5.74) is 6.78. The van der Waals surface area contributed by atoms with E-state index in [0.717, 1.165) is 17.5 Å². The highest BCUT2D eigenvalue weighted by Crippen LogP contribution is 2.19. The van der Waals surface area contributed by atoms with Gasteiger partial charge in [0.25, 0.3) is 5.91 Å². The molecule has 0 saturated carbocycles. The van der Waals surface area contributed by atoms with Gasteiger partial charge in [0.2, 0.25) is 0 Å². The zero-order chi connectivity index (χ0) is 25.0. The van der Waals surface area contributed by atoms with Crippen molar-refractivity contribution in [3.63, 3.8) is 0 Å². The maximum atomic E-state index is 12.3. The monoisotopic (exact) mass is 464 g/mol. The smallest absolute Gasteiger partial charge is 0.255 e. The third kappa shape index (κ3) is 8.05. The normalized spacial score (nSPS) is 10.3. The molecular formula is C29H28N4O2. The Bertz CT molecular complexity index is 1260. The van der Waals surface area contributed by atoms with Crippen LogP contribution in [0.5, 0.6) is 0 Å². The zero-order valence-corrected chi connectivity index (χ0v) is 20.0. The lowest BCUT2D eigenvalue weighted by Crippen LogP contribution is -2.11. The van der Waals surface area contributed by atoms with Crippen LogP contribution in [0.2, 0.25) is 0 Å². The number of nitrogens with one attached hydrogen (secondary N) is 2. The topological polar surface area (TPSA) is 82.9 Å². The number of hydrogen-bond donors (Lipinski definition) is 2. The molecule has 2 N–H and O–H groups in total. The van der Waals surface area contributed by atoms with Crippen molar-refractivity contribution in [3.05, 3.63) is 119 Å². The van der Waals surface area contributed by atoms with Gasteiger partial charge in [0.15, 0.2) is 0 Å². The molecule has 4 aromatic rings. The van der Waals surface area contributed by atoms with Gasteiger partial charge in [-0.2, -0.15) is 10.2 Å². The third-order valence-electron chi connectivity index (χ3n) is 5.09. The Morgan fingerprint density at radius 3 is 1.57 bits per heavy atom. The first-order valence-electron chi connectivity index (χ1n) is 11.2. The Labute approximate surface area is 205 Å². The highest BCUT2D eigenvalue weighted by atomic mass is 16.1. The molecule has 0 unspecified atom stereocenters. The average Bonchev–Trinajstić information content (AvgIpc) is 2.90. The second-order valence-electron chi connectivity index (χ2n) is 7.89. The molecule has 0 aromatic heterocycles. The van der Waals surface area contributed by atoms with E-state index in [1.165, 1.54) is 11.3 Å². The summed E-state index contributed by atoms with van der Waals surface area (Å²) in [7, 11) is 1.92. The predicted molar refractivity (Wildman–Crippen MR) is 142 cm³/mol. The summed E-state index contributed by atoms with van der Waals surface area (Å²) < 4.78 is 0. The number of rotatable bonds is 6. The first kappa shape index (κ1) is 25.1. The van der Waals surface area contributed by atoms with Crippen LogP contribution in [0.15, 0.2) is 107 Å². The molecule has 6 heteroatoms. The van der Waals surface area contributed by atoms with Crippen molar-refractivity contribution < 1.29 is 9.59 Å². The summed E-state index contributed by atoms with van der Waals surface area (Å²) in [5, 5.41) is 14.1. The standard InChI is InChI=1S/C21H17N3O2.C8H11N/c1-15-2-8-18(9-3-15)22-21(26)17-6-12-20(13-7-17)24-23-19-10-4-16(14-25)5-11-19;1-7-3-5-8(9-2)6-4-7/h2-14H,1H3,(H,22,26);3-6,9H,1-2H3. The van der Waals surface area contributed by atoms with E-state index in [0.29, 0.717) is 22.5 Å². The van der Waals surface area contributed by atoms with E-state index in [-0.39, 0.29) is 5.91 Å². The molecule has 0 fully saturated rings. The van der Waals surface area contributed by atoms with Crippen LogP contribution in [-0.4, -0.2) is 19.2 Å². The van der Waals surface area contributed by atoms with Crippen LogP contribution < -0.4 is 10.6 Å². The first-order chi connectivity index (χ1) is 17.0. The Morgan fingerprint density at radius 1 is 0.657 bits per heavy atom. The molecule has 0 spiro atoms. The zero-order valence-electron chi connectivity index (χ0n) is 20.0. The van der Waals surface area contributed by atoms with Gasteiger partial charge in [-0.1, -0.05) is 35.4 Å². The molecular weight excluding hydrogens is 436 g/mol. The number of azo groups is 1. The van der Waals surface area contributed by atoms with Crippen molar-refractivity contribution in [2.75, 3.05) is 17.7 Å².